The summed E-state index contributed by atoms with van der Waals surface area (Å²) in [6.07, 6.45) is 0. The Morgan fingerprint density at radius 2 is 1.47 bits per heavy atom. The Labute approximate surface area is 222 Å². The minimum Gasteiger partial charge on any atom is -0.494 e. The molecule has 5 aromatic rings. The zero-order chi connectivity index (χ0) is 26.3. The second-order valence-corrected chi connectivity index (χ2v) is 9.40. The molecule has 0 fully saturated rings. The zero-order valence-electron chi connectivity index (χ0n) is 21.8. The van der Waals surface area contributed by atoms with E-state index in [1.165, 1.54) is 0 Å². The normalized spacial score (nSPS) is 16.3. The fourth-order valence-electron chi connectivity index (χ4n) is 5.88. The van der Waals surface area contributed by atoms with Crippen LogP contribution in [-0.2, 0) is 17.0 Å². The number of carbonyl (C=O) groups is 1. The van der Waals surface area contributed by atoms with Gasteiger partial charge in [-0.25, -0.2) is 4.79 Å². The van der Waals surface area contributed by atoms with Crippen LogP contribution in [0.2, 0.25) is 0 Å². The van der Waals surface area contributed by atoms with E-state index in [2.05, 4.69) is 53.6 Å². The van der Waals surface area contributed by atoms with Crippen molar-refractivity contribution in [3.05, 3.63) is 126 Å². The molecule has 1 atom stereocenters. The maximum atomic E-state index is 13.6. The van der Waals surface area contributed by atoms with Gasteiger partial charge in [0, 0.05) is 40.1 Å². The van der Waals surface area contributed by atoms with Gasteiger partial charge < -0.3 is 14.0 Å². The van der Waals surface area contributed by atoms with Crippen LogP contribution in [-0.4, -0.2) is 17.1 Å². The predicted molar refractivity (Wildman–Crippen MR) is 151 cm³/mol. The lowest BCUT2D eigenvalue weighted by Crippen LogP contribution is -2.45. The average molecular weight is 503 g/mol. The molecule has 5 nitrogen and oxygen atoms in total. The summed E-state index contributed by atoms with van der Waals surface area (Å²) in [5.74, 6) is 0.459. The molecule has 1 aliphatic heterocycles. The van der Waals surface area contributed by atoms with Crippen LogP contribution >= 0.6 is 0 Å². The van der Waals surface area contributed by atoms with Gasteiger partial charge in [-0.15, -0.1) is 0 Å². The van der Waals surface area contributed by atoms with Crippen LogP contribution in [0.25, 0.3) is 10.9 Å². The average Bonchev–Trinajstić information content (AvgIpc) is 3.41. The van der Waals surface area contributed by atoms with Crippen LogP contribution in [0.1, 0.15) is 41.0 Å². The Balaban J connectivity index is 1.74. The predicted octanol–water partition coefficient (Wildman–Crippen LogP) is 7.58. The number of fused-ring (bicyclic) bond motifs is 2. The number of rotatable bonds is 7. The number of benzene rings is 4. The number of aryl methyl sites for hydroxylation is 1. The van der Waals surface area contributed by atoms with Crippen molar-refractivity contribution >= 4 is 28.2 Å². The molecule has 1 aliphatic rings. The zero-order valence-corrected chi connectivity index (χ0v) is 21.8. The maximum absolute atomic E-state index is 13.6. The van der Waals surface area contributed by atoms with Crippen molar-refractivity contribution in [3.8, 4) is 5.75 Å². The summed E-state index contributed by atoms with van der Waals surface area (Å²) in [6, 6.07) is 34.2. The first-order valence-electron chi connectivity index (χ1n) is 13.1. The molecule has 2 heterocycles. The number of carbonyl (C=O) groups excluding carboxylic acids is 1. The summed E-state index contributed by atoms with van der Waals surface area (Å²) in [7, 11) is 0. The van der Waals surface area contributed by atoms with Crippen molar-refractivity contribution in [1.82, 2.24) is 4.57 Å². The molecule has 0 bridgehead atoms. The number of hydrogen-bond acceptors (Lipinski definition) is 4. The molecule has 1 aromatic heterocycles. The molecule has 6 rings (SSSR count). The molecule has 0 N–H and O–H groups in total. The van der Waals surface area contributed by atoms with Crippen molar-refractivity contribution in [2.75, 3.05) is 11.5 Å². The molecule has 190 valence electrons. The van der Waals surface area contributed by atoms with Gasteiger partial charge in [0.2, 0.25) is 5.72 Å². The van der Waals surface area contributed by atoms with E-state index >= 15 is 0 Å². The summed E-state index contributed by atoms with van der Waals surface area (Å²) in [5, 5.41) is 1.06. The maximum Gasteiger partial charge on any atom is 0.341 e. The topological polar surface area (TPSA) is 43.7 Å². The molecular weight excluding hydrogens is 472 g/mol. The lowest BCUT2D eigenvalue weighted by atomic mass is 9.88. The highest BCUT2D eigenvalue weighted by Gasteiger charge is 2.54. The Morgan fingerprint density at radius 3 is 2.21 bits per heavy atom. The SMILES string of the molecule is CCOc1ccc(N(c2ccccc2)C2(c3c(C)n(CC)c4ccccc34)OC(=O)c3ccccc32)cc1. The molecule has 0 aliphatic carbocycles. The van der Waals surface area contributed by atoms with Gasteiger partial charge in [-0.05, 0) is 69.3 Å². The number of nitrogens with zero attached hydrogens (tertiary/aromatic N) is 2. The van der Waals surface area contributed by atoms with Crippen LogP contribution in [0.15, 0.2) is 103 Å². The first-order chi connectivity index (χ1) is 18.6. The van der Waals surface area contributed by atoms with Gasteiger partial charge in [0.1, 0.15) is 5.75 Å². The van der Waals surface area contributed by atoms with Crippen molar-refractivity contribution in [3.63, 3.8) is 0 Å². The number of cyclic esters (lactones) is 1. The third-order valence-corrected chi connectivity index (χ3v) is 7.37. The Hall–Kier alpha value is -4.51. The molecule has 0 spiro atoms. The number of para-hydroxylation sites is 2. The third kappa shape index (κ3) is 3.50. The standard InChI is InChI=1S/C33H30N2O3/c1-4-34-23(3)31(28-16-10-12-18-30(28)34)33(29-17-11-9-15-27(29)32(36)38-33)35(24-13-7-6-8-14-24)25-19-21-26(22-20-25)37-5-2/h6-22H,4-5H2,1-3H3. The van der Waals surface area contributed by atoms with Gasteiger partial charge >= 0.3 is 5.97 Å². The van der Waals surface area contributed by atoms with Crippen LogP contribution in [0.3, 0.4) is 0 Å². The van der Waals surface area contributed by atoms with E-state index in [1.807, 2.05) is 79.7 Å². The minimum atomic E-state index is -1.23. The van der Waals surface area contributed by atoms with Crippen molar-refractivity contribution in [2.24, 2.45) is 0 Å². The molecule has 0 amide bonds. The summed E-state index contributed by atoms with van der Waals surface area (Å²) < 4.78 is 14.7. The van der Waals surface area contributed by atoms with Gasteiger partial charge in [0.15, 0.2) is 0 Å². The lowest BCUT2D eigenvalue weighted by Gasteiger charge is -2.42. The highest BCUT2D eigenvalue weighted by molar-refractivity contribution is 5.99. The number of aromatic nitrogens is 1. The van der Waals surface area contributed by atoms with Crippen molar-refractivity contribution in [2.45, 2.75) is 33.0 Å². The highest BCUT2D eigenvalue weighted by Crippen LogP contribution is 2.53. The van der Waals surface area contributed by atoms with Crippen LogP contribution in [0.5, 0.6) is 5.75 Å². The van der Waals surface area contributed by atoms with Gasteiger partial charge in [-0.3, -0.25) is 4.90 Å². The number of anilines is 2. The molecule has 0 saturated carbocycles. The van der Waals surface area contributed by atoms with E-state index in [-0.39, 0.29) is 5.97 Å². The molecule has 1 unspecified atom stereocenters. The molecule has 5 heteroatoms. The quantitative estimate of drug-likeness (QED) is 0.215. The van der Waals surface area contributed by atoms with Gasteiger partial charge in [-0.2, -0.15) is 0 Å². The largest absolute Gasteiger partial charge is 0.494 e. The van der Waals surface area contributed by atoms with E-state index in [0.717, 1.165) is 51.4 Å². The first-order valence-corrected chi connectivity index (χ1v) is 13.1. The van der Waals surface area contributed by atoms with Gasteiger partial charge in [0.05, 0.1) is 17.7 Å². The molecule has 38 heavy (non-hydrogen) atoms. The van der Waals surface area contributed by atoms with Gasteiger partial charge in [-0.1, -0.05) is 54.6 Å². The summed E-state index contributed by atoms with van der Waals surface area (Å²) >= 11 is 0. The Bertz CT molecular complexity index is 1620. The van der Waals surface area contributed by atoms with E-state index in [4.69, 9.17) is 9.47 Å². The van der Waals surface area contributed by atoms with Crippen LogP contribution in [0, 0.1) is 6.92 Å². The molecule has 0 saturated heterocycles. The van der Waals surface area contributed by atoms with Gasteiger partial charge in [0.25, 0.3) is 0 Å². The van der Waals surface area contributed by atoms with Crippen molar-refractivity contribution in [1.29, 1.82) is 0 Å². The smallest absolute Gasteiger partial charge is 0.341 e. The minimum absolute atomic E-state index is 0.333. The number of hydrogen-bond donors (Lipinski definition) is 0. The molecular formula is C33H30N2O3. The fourth-order valence-corrected chi connectivity index (χ4v) is 5.88. The van der Waals surface area contributed by atoms with E-state index < -0.39 is 5.72 Å². The van der Waals surface area contributed by atoms with E-state index in [9.17, 15) is 4.79 Å². The van der Waals surface area contributed by atoms with E-state index in [1.54, 1.807) is 0 Å². The van der Waals surface area contributed by atoms with Crippen LogP contribution in [0.4, 0.5) is 11.4 Å². The second-order valence-electron chi connectivity index (χ2n) is 9.40. The van der Waals surface area contributed by atoms with Crippen LogP contribution < -0.4 is 9.64 Å². The fraction of sp³-hybridized carbons (Fsp3) is 0.182. The third-order valence-electron chi connectivity index (χ3n) is 7.37. The molecule has 4 aromatic carbocycles. The second kappa shape index (κ2) is 9.42. The Morgan fingerprint density at radius 1 is 0.816 bits per heavy atom. The molecule has 0 radical (unpaired) electrons. The Kier molecular flexibility index (Phi) is 5.91. The first kappa shape index (κ1) is 23.9. The number of ether oxygens (including phenoxy) is 2. The van der Waals surface area contributed by atoms with E-state index in [0.29, 0.717) is 12.2 Å². The summed E-state index contributed by atoms with van der Waals surface area (Å²) in [5.41, 5.74) is 5.10. The van der Waals surface area contributed by atoms with Crippen molar-refractivity contribution < 1.29 is 14.3 Å². The number of esters is 1. The highest BCUT2D eigenvalue weighted by atomic mass is 16.6. The monoisotopic (exact) mass is 502 g/mol. The summed E-state index contributed by atoms with van der Waals surface area (Å²) in [4.78, 5) is 15.8. The lowest BCUT2D eigenvalue weighted by molar-refractivity contribution is 0.0136. The summed E-state index contributed by atoms with van der Waals surface area (Å²) in [6.45, 7) is 7.63.